The maximum Gasteiger partial charge on any atom is 0.182 e. The van der Waals surface area contributed by atoms with E-state index in [1.807, 2.05) is 0 Å². The summed E-state index contributed by atoms with van der Waals surface area (Å²) in [5.41, 5.74) is 0. The van der Waals surface area contributed by atoms with Crippen molar-refractivity contribution in [1.29, 1.82) is 0 Å². The second-order valence-electron chi connectivity index (χ2n) is 7.94. The fraction of sp³-hybridized carbons (Fsp3) is 0.818. The first-order valence-electron chi connectivity index (χ1n) is 11.9. The highest BCUT2D eigenvalue weighted by Crippen LogP contribution is 2.45. The summed E-state index contributed by atoms with van der Waals surface area (Å²) in [6.07, 6.45) is 3.60. The van der Waals surface area contributed by atoms with Crippen LogP contribution in [0.25, 0.3) is 0 Å². The molecule has 0 spiro atoms. The van der Waals surface area contributed by atoms with Crippen LogP contribution in [0.15, 0.2) is 24.1 Å². The van der Waals surface area contributed by atoms with Gasteiger partial charge in [0.05, 0.1) is 1.37 Å². The molecule has 3 aliphatic rings. The van der Waals surface area contributed by atoms with Crippen molar-refractivity contribution >= 4 is 0 Å². The Hall–Kier alpha value is -0.730. The fourth-order valence-corrected chi connectivity index (χ4v) is 4.84. The molecular formula is C22H33F3. The van der Waals surface area contributed by atoms with Gasteiger partial charge < -0.3 is 0 Å². The van der Waals surface area contributed by atoms with Crippen molar-refractivity contribution in [2.45, 2.75) is 83.4 Å². The Kier molecular flexibility index (Phi) is 5.03. The molecule has 2 fully saturated rings. The van der Waals surface area contributed by atoms with Crippen molar-refractivity contribution in [2.24, 2.45) is 29.6 Å². The van der Waals surface area contributed by atoms with Gasteiger partial charge in [0.15, 0.2) is 6.17 Å². The van der Waals surface area contributed by atoms with Gasteiger partial charge in [-0.3, -0.25) is 0 Å². The van der Waals surface area contributed by atoms with Crippen LogP contribution in [0.2, 0.25) is 0 Å². The van der Waals surface area contributed by atoms with Gasteiger partial charge in [0.25, 0.3) is 0 Å². The Balaban J connectivity index is 1.64. The monoisotopic (exact) mass is 358 g/mol. The minimum absolute atomic E-state index is 0.486. The Labute approximate surface area is 156 Å². The summed E-state index contributed by atoms with van der Waals surface area (Å²) >= 11 is 0. The van der Waals surface area contributed by atoms with Crippen molar-refractivity contribution in [3.05, 3.63) is 24.1 Å². The van der Waals surface area contributed by atoms with Gasteiger partial charge in [0.2, 0.25) is 0 Å². The van der Waals surface area contributed by atoms with Crippen LogP contribution in [-0.4, -0.2) is 12.3 Å². The highest BCUT2D eigenvalue weighted by Gasteiger charge is 2.38. The van der Waals surface area contributed by atoms with Gasteiger partial charge in [0.1, 0.15) is 12.0 Å². The minimum Gasteiger partial charge on any atom is -0.244 e. The molecule has 2 saturated carbocycles. The van der Waals surface area contributed by atoms with Gasteiger partial charge in [-0.25, -0.2) is 13.2 Å². The minimum atomic E-state index is -3.80. The van der Waals surface area contributed by atoms with Crippen molar-refractivity contribution in [2.75, 3.05) is 0 Å². The molecule has 3 heteroatoms. The SMILES string of the molecule is [2H]C1(F)C(F)C(F)=CC([2H])(C2CCC(C3CCC(/C=C/CC)CC3)CC2)C1([2H])[2H]. The maximum atomic E-state index is 14.5. The molecule has 0 heterocycles. The van der Waals surface area contributed by atoms with E-state index >= 15 is 0 Å². The summed E-state index contributed by atoms with van der Waals surface area (Å²) in [6.45, 7) is 2.14. The first kappa shape index (κ1) is 14.3. The number of hydrogen-bond donors (Lipinski definition) is 0. The standard InChI is InChI=1S/C22H33F3/c1-2-3-4-15-5-7-16(8-6-15)17-9-11-18(12-10-17)19-13-20(23)22(25)21(24)14-19/h3-4,13,15-19,21-22H,2,5-12,14H2,1H3/b4-3+/i14D2,19D,21D. The summed E-state index contributed by atoms with van der Waals surface area (Å²) in [5, 5.41) is 0. The molecule has 0 radical (unpaired) electrons. The second kappa shape index (κ2) is 8.77. The lowest BCUT2D eigenvalue weighted by molar-refractivity contribution is 0.0950. The molecule has 0 saturated heterocycles. The van der Waals surface area contributed by atoms with Gasteiger partial charge >= 0.3 is 0 Å². The molecule has 3 atom stereocenters. The van der Waals surface area contributed by atoms with Crippen LogP contribution < -0.4 is 0 Å². The molecule has 3 unspecified atom stereocenters. The molecule has 0 aromatic rings. The largest absolute Gasteiger partial charge is 0.244 e. The van der Waals surface area contributed by atoms with Gasteiger partial charge in [-0.1, -0.05) is 19.1 Å². The second-order valence-corrected chi connectivity index (χ2v) is 7.94. The third-order valence-corrected chi connectivity index (χ3v) is 6.36. The average molecular weight is 359 g/mol. The van der Waals surface area contributed by atoms with Crippen LogP contribution in [0.3, 0.4) is 0 Å². The summed E-state index contributed by atoms with van der Waals surface area (Å²) in [7, 11) is 0. The van der Waals surface area contributed by atoms with E-state index < -0.39 is 36.3 Å². The smallest absolute Gasteiger partial charge is 0.182 e. The van der Waals surface area contributed by atoms with E-state index in [1.165, 1.54) is 25.7 Å². The molecule has 25 heavy (non-hydrogen) atoms. The molecule has 142 valence electrons. The summed E-state index contributed by atoms with van der Waals surface area (Å²) in [6, 6.07) is 0. The van der Waals surface area contributed by atoms with Gasteiger partial charge in [-0.15, -0.1) is 0 Å². The Morgan fingerprint density at radius 3 is 2.20 bits per heavy atom. The highest BCUT2D eigenvalue weighted by molar-refractivity contribution is 5.11. The van der Waals surface area contributed by atoms with Crippen molar-refractivity contribution < 1.29 is 18.7 Å². The maximum absolute atomic E-state index is 14.5. The van der Waals surface area contributed by atoms with Crippen LogP contribution in [-0.2, 0) is 0 Å². The topological polar surface area (TPSA) is 0 Å². The normalized spacial score (nSPS) is 53.4. The van der Waals surface area contributed by atoms with Gasteiger partial charge in [-0.2, -0.15) is 0 Å². The highest BCUT2D eigenvalue weighted by atomic mass is 19.2. The number of hydrogen-bond acceptors (Lipinski definition) is 0. The molecule has 0 aliphatic heterocycles. The molecule has 3 rings (SSSR count). The fourth-order valence-electron chi connectivity index (χ4n) is 4.84. The van der Waals surface area contributed by atoms with Crippen LogP contribution in [0.4, 0.5) is 13.2 Å². The lowest BCUT2D eigenvalue weighted by Gasteiger charge is -2.40. The quantitative estimate of drug-likeness (QED) is 0.470. The average Bonchev–Trinajstić information content (AvgIpc) is 2.70. The molecule has 0 aromatic heterocycles. The lowest BCUT2D eigenvalue weighted by Crippen LogP contribution is -2.32. The summed E-state index contributed by atoms with van der Waals surface area (Å²) < 4.78 is 74.5. The van der Waals surface area contributed by atoms with Crippen LogP contribution in [0.5, 0.6) is 0 Å². The van der Waals surface area contributed by atoms with Crippen molar-refractivity contribution in [1.82, 2.24) is 0 Å². The first-order chi connectivity index (χ1) is 13.5. The zero-order chi connectivity index (χ0) is 21.4. The van der Waals surface area contributed by atoms with E-state index in [9.17, 15) is 13.2 Å². The molecular weight excluding hydrogens is 321 g/mol. The summed E-state index contributed by atoms with van der Waals surface area (Å²) in [4.78, 5) is 0. The van der Waals surface area contributed by atoms with E-state index in [-0.39, 0.29) is 0 Å². The van der Waals surface area contributed by atoms with Crippen molar-refractivity contribution in [3.63, 3.8) is 0 Å². The number of rotatable bonds is 4. The molecule has 0 aromatic carbocycles. The van der Waals surface area contributed by atoms with E-state index in [4.69, 9.17) is 5.48 Å². The van der Waals surface area contributed by atoms with E-state index in [2.05, 4.69) is 19.1 Å². The van der Waals surface area contributed by atoms with Crippen LogP contribution >= 0.6 is 0 Å². The van der Waals surface area contributed by atoms with Gasteiger partial charge in [-0.05, 0) is 99.8 Å². The third kappa shape index (κ3) is 4.71. The number of alkyl halides is 2. The third-order valence-electron chi connectivity index (χ3n) is 6.36. The molecule has 0 bridgehead atoms. The zero-order valence-corrected chi connectivity index (χ0v) is 15.1. The Bertz CT molecular complexity index is 632. The van der Waals surface area contributed by atoms with Crippen molar-refractivity contribution in [3.8, 4) is 0 Å². The Morgan fingerprint density at radius 2 is 1.60 bits per heavy atom. The van der Waals surface area contributed by atoms with Gasteiger partial charge in [0, 0.05) is 4.11 Å². The van der Waals surface area contributed by atoms with E-state index in [0.29, 0.717) is 36.7 Å². The van der Waals surface area contributed by atoms with Crippen LogP contribution in [0.1, 0.15) is 76.6 Å². The number of halogens is 3. The first-order valence-corrected chi connectivity index (χ1v) is 9.92. The molecule has 3 aliphatic carbocycles. The van der Waals surface area contributed by atoms with E-state index in [1.54, 1.807) is 0 Å². The van der Waals surface area contributed by atoms with Crippen LogP contribution in [0, 0.1) is 29.6 Å². The molecule has 0 N–H and O–H groups in total. The lowest BCUT2D eigenvalue weighted by atomic mass is 9.66. The van der Waals surface area contributed by atoms with E-state index in [0.717, 1.165) is 19.3 Å². The number of allylic oxidation sites excluding steroid dienone is 4. The summed E-state index contributed by atoms with van der Waals surface area (Å²) in [5.74, 6) is -2.63. The molecule has 0 nitrogen and oxygen atoms in total. The Morgan fingerprint density at radius 1 is 1.04 bits per heavy atom. The predicted octanol–water partition coefficient (Wildman–Crippen LogP) is 7.11. The zero-order valence-electron chi connectivity index (χ0n) is 19.1. The predicted molar refractivity (Wildman–Crippen MR) is 97.4 cm³/mol. The molecule has 0 amide bonds.